The van der Waals surface area contributed by atoms with Crippen LogP contribution < -0.4 is 4.90 Å². The molecule has 2 heteroatoms. The number of rotatable bonds is 1. The third kappa shape index (κ3) is 1.80. The first-order valence-corrected chi connectivity index (χ1v) is 5.16. The second-order valence-electron chi connectivity index (χ2n) is 3.62. The Morgan fingerprint density at radius 1 is 1.23 bits per heavy atom. The van der Waals surface area contributed by atoms with Crippen molar-refractivity contribution in [1.82, 2.24) is 0 Å². The molecule has 0 unspecified atom stereocenters. The lowest BCUT2D eigenvalue weighted by Gasteiger charge is -2.20. The largest absolute Gasteiger partial charge is 0.371 e. The molecule has 1 aliphatic heterocycles. The lowest BCUT2D eigenvalue weighted by Crippen LogP contribution is -2.18. The highest BCUT2D eigenvalue weighted by Crippen LogP contribution is 2.26. The monoisotopic (exact) mass is 195 g/mol. The predicted molar refractivity (Wildman–Crippen MR) is 57.6 cm³/mol. The van der Waals surface area contributed by atoms with Gasteiger partial charge in [0.1, 0.15) is 0 Å². The van der Waals surface area contributed by atoms with Gasteiger partial charge in [-0.1, -0.05) is 17.7 Å². The van der Waals surface area contributed by atoms with Gasteiger partial charge in [0.2, 0.25) is 0 Å². The third-order valence-corrected chi connectivity index (χ3v) is 2.85. The summed E-state index contributed by atoms with van der Waals surface area (Å²) in [6, 6.07) is 6.12. The molecule has 0 N–H and O–H groups in total. The van der Waals surface area contributed by atoms with E-state index in [0.717, 1.165) is 5.02 Å². The van der Waals surface area contributed by atoms with Gasteiger partial charge in [-0.3, -0.25) is 0 Å². The van der Waals surface area contributed by atoms with Crippen LogP contribution in [0.4, 0.5) is 5.69 Å². The summed E-state index contributed by atoms with van der Waals surface area (Å²) in [5.41, 5.74) is 2.64. The maximum Gasteiger partial charge on any atom is 0.0426 e. The Balaban J connectivity index is 2.32. The van der Waals surface area contributed by atoms with Crippen LogP contribution in [0.1, 0.15) is 18.4 Å². The molecule has 1 heterocycles. The molecule has 0 bridgehead atoms. The zero-order valence-electron chi connectivity index (χ0n) is 7.89. The Labute approximate surface area is 84.3 Å². The van der Waals surface area contributed by atoms with E-state index >= 15 is 0 Å². The van der Waals surface area contributed by atoms with Crippen molar-refractivity contribution in [2.75, 3.05) is 18.0 Å². The fraction of sp³-hybridized carbons (Fsp3) is 0.455. The van der Waals surface area contributed by atoms with E-state index in [2.05, 4.69) is 24.0 Å². The topological polar surface area (TPSA) is 3.24 Å². The zero-order chi connectivity index (χ0) is 9.26. The molecular weight excluding hydrogens is 182 g/mol. The van der Waals surface area contributed by atoms with Gasteiger partial charge >= 0.3 is 0 Å². The molecule has 1 aromatic rings. The van der Waals surface area contributed by atoms with Crippen LogP contribution in [0.2, 0.25) is 5.02 Å². The molecule has 0 radical (unpaired) electrons. The van der Waals surface area contributed by atoms with Crippen molar-refractivity contribution in [2.45, 2.75) is 19.8 Å². The van der Waals surface area contributed by atoms with E-state index in [4.69, 9.17) is 11.6 Å². The highest BCUT2D eigenvalue weighted by molar-refractivity contribution is 6.30. The average Bonchev–Trinajstić information content (AvgIpc) is 2.61. The van der Waals surface area contributed by atoms with E-state index in [9.17, 15) is 0 Å². The molecule has 1 aliphatic rings. The fourth-order valence-corrected chi connectivity index (χ4v) is 2.05. The maximum absolute atomic E-state index is 5.97. The van der Waals surface area contributed by atoms with Gasteiger partial charge < -0.3 is 4.90 Å². The van der Waals surface area contributed by atoms with E-state index in [0.29, 0.717) is 0 Å². The molecule has 70 valence electrons. The van der Waals surface area contributed by atoms with Crippen molar-refractivity contribution < 1.29 is 0 Å². The van der Waals surface area contributed by atoms with Crippen molar-refractivity contribution >= 4 is 17.3 Å². The van der Waals surface area contributed by atoms with Gasteiger partial charge in [-0.2, -0.15) is 0 Å². The Kier molecular flexibility index (Phi) is 2.45. The minimum absolute atomic E-state index is 0.840. The Morgan fingerprint density at radius 2 is 1.92 bits per heavy atom. The van der Waals surface area contributed by atoms with E-state index in [1.54, 1.807) is 0 Å². The van der Waals surface area contributed by atoms with Gasteiger partial charge in [-0.05, 0) is 37.5 Å². The molecule has 0 aliphatic carbocycles. The number of hydrogen-bond donors (Lipinski definition) is 0. The molecule has 0 spiro atoms. The molecule has 1 nitrogen and oxygen atoms in total. The number of hydrogen-bond acceptors (Lipinski definition) is 1. The summed E-state index contributed by atoms with van der Waals surface area (Å²) in [5, 5.41) is 0.840. The van der Waals surface area contributed by atoms with Gasteiger partial charge in [0, 0.05) is 23.8 Å². The van der Waals surface area contributed by atoms with Crippen molar-refractivity contribution in [2.24, 2.45) is 0 Å². The normalized spacial score (nSPS) is 16.6. The first kappa shape index (κ1) is 8.89. The molecule has 1 aromatic carbocycles. The summed E-state index contributed by atoms with van der Waals surface area (Å²) in [6.07, 6.45) is 2.62. The second-order valence-corrected chi connectivity index (χ2v) is 4.06. The summed E-state index contributed by atoms with van der Waals surface area (Å²) in [4.78, 5) is 2.42. The number of benzene rings is 1. The molecule has 13 heavy (non-hydrogen) atoms. The Morgan fingerprint density at radius 3 is 2.62 bits per heavy atom. The van der Waals surface area contributed by atoms with Crippen LogP contribution in [0.5, 0.6) is 0 Å². The van der Waals surface area contributed by atoms with E-state index in [-0.39, 0.29) is 0 Å². The average molecular weight is 196 g/mol. The van der Waals surface area contributed by atoms with Crippen molar-refractivity contribution in [3.05, 3.63) is 28.8 Å². The van der Waals surface area contributed by atoms with Crippen LogP contribution in [0, 0.1) is 6.92 Å². The van der Waals surface area contributed by atoms with E-state index in [1.165, 1.54) is 37.2 Å². The van der Waals surface area contributed by atoms with E-state index in [1.807, 2.05) is 6.07 Å². The van der Waals surface area contributed by atoms with Crippen molar-refractivity contribution in [1.29, 1.82) is 0 Å². The van der Waals surface area contributed by atoms with Crippen LogP contribution in [-0.2, 0) is 0 Å². The Hall–Kier alpha value is -0.690. The van der Waals surface area contributed by atoms with E-state index < -0.39 is 0 Å². The minimum Gasteiger partial charge on any atom is -0.371 e. The minimum atomic E-state index is 0.840. The smallest absolute Gasteiger partial charge is 0.0426 e. The van der Waals surface area contributed by atoms with Gasteiger partial charge in [-0.25, -0.2) is 0 Å². The lowest BCUT2D eigenvalue weighted by molar-refractivity contribution is 0.949. The van der Waals surface area contributed by atoms with Crippen LogP contribution >= 0.6 is 11.6 Å². The molecular formula is C11H14ClN. The zero-order valence-corrected chi connectivity index (χ0v) is 8.64. The third-order valence-electron chi connectivity index (χ3n) is 2.62. The molecule has 1 saturated heterocycles. The van der Waals surface area contributed by atoms with Gasteiger partial charge in [-0.15, -0.1) is 0 Å². The van der Waals surface area contributed by atoms with Gasteiger partial charge in [0.25, 0.3) is 0 Å². The maximum atomic E-state index is 5.97. The fourth-order valence-electron chi connectivity index (χ4n) is 1.88. The molecule has 1 fully saturated rings. The summed E-state index contributed by atoms with van der Waals surface area (Å²) in [5.74, 6) is 0. The van der Waals surface area contributed by atoms with Crippen molar-refractivity contribution in [3.8, 4) is 0 Å². The summed E-state index contributed by atoms with van der Waals surface area (Å²) >= 11 is 5.97. The first-order chi connectivity index (χ1) is 6.27. The van der Waals surface area contributed by atoms with Crippen LogP contribution in [0.3, 0.4) is 0 Å². The van der Waals surface area contributed by atoms with Crippen LogP contribution in [0.25, 0.3) is 0 Å². The molecule has 0 atom stereocenters. The molecule has 0 saturated carbocycles. The van der Waals surface area contributed by atoms with Gasteiger partial charge in [0.05, 0.1) is 0 Å². The molecule has 2 rings (SSSR count). The SMILES string of the molecule is Cc1ccc(Cl)cc1N1CCCC1. The number of anilines is 1. The predicted octanol–water partition coefficient (Wildman–Crippen LogP) is 3.25. The first-order valence-electron chi connectivity index (χ1n) is 4.78. The Bertz CT molecular complexity index is 303. The second kappa shape index (κ2) is 3.59. The number of aryl methyl sites for hydroxylation is 1. The van der Waals surface area contributed by atoms with Crippen LogP contribution in [0.15, 0.2) is 18.2 Å². The number of nitrogens with zero attached hydrogens (tertiary/aromatic N) is 1. The highest BCUT2D eigenvalue weighted by Gasteiger charge is 2.13. The summed E-state index contributed by atoms with van der Waals surface area (Å²) in [7, 11) is 0. The molecule has 0 aromatic heterocycles. The summed E-state index contributed by atoms with van der Waals surface area (Å²) < 4.78 is 0. The van der Waals surface area contributed by atoms with Crippen LogP contribution in [-0.4, -0.2) is 13.1 Å². The summed E-state index contributed by atoms with van der Waals surface area (Å²) in [6.45, 7) is 4.51. The van der Waals surface area contributed by atoms with Crippen molar-refractivity contribution in [3.63, 3.8) is 0 Å². The molecule has 0 amide bonds. The standard InChI is InChI=1S/C11H14ClN/c1-9-4-5-10(12)8-11(9)13-6-2-3-7-13/h4-5,8H,2-3,6-7H2,1H3. The quantitative estimate of drug-likeness (QED) is 0.665. The lowest BCUT2D eigenvalue weighted by atomic mass is 10.2. The number of halogens is 1. The van der Waals surface area contributed by atoms with Gasteiger partial charge in [0.15, 0.2) is 0 Å². The highest BCUT2D eigenvalue weighted by atomic mass is 35.5.